The molecule has 1 aromatic heterocycles. The first-order chi connectivity index (χ1) is 16.2. The molecule has 0 aliphatic rings. The van der Waals surface area contributed by atoms with Crippen LogP contribution in [0.25, 0.3) is 28.4 Å². The minimum Gasteiger partial charge on any atom is -0.478 e. The highest BCUT2D eigenvalue weighted by Gasteiger charge is 2.13. The molecule has 0 spiro atoms. The number of carboxylic acid groups (broad SMARTS) is 1. The molecule has 5 rings (SSSR count). The van der Waals surface area contributed by atoms with Gasteiger partial charge >= 0.3 is 5.97 Å². The van der Waals surface area contributed by atoms with Crippen LogP contribution in [0.1, 0.15) is 5.56 Å². The third-order valence-corrected chi connectivity index (χ3v) is 5.40. The van der Waals surface area contributed by atoms with Crippen LogP contribution in [0.2, 0.25) is 0 Å². The summed E-state index contributed by atoms with van der Waals surface area (Å²) in [7, 11) is 0. The van der Waals surface area contributed by atoms with Crippen LogP contribution in [0.15, 0.2) is 120 Å². The molecule has 0 saturated heterocycles. The summed E-state index contributed by atoms with van der Waals surface area (Å²) >= 11 is 0. The van der Waals surface area contributed by atoms with Crippen LogP contribution < -0.4 is 4.90 Å². The summed E-state index contributed by atoms with van der Waals surface area (Å²) in [5.41, 5.74) is 5.69. The fourth-order valence-electron chi connectivity index (χ4n) is 3.84. The third-order valence-electron chi connectivity index (χ3n) is 5.40. The number of aliphatic carboxylic acids is 1. The average molecular weight is 431 g/mol. The van der Waals surface area contributed by atoms with Crippen LogP contribution in [0.5, 0.6) is 0 Å². The van der Waals surface area contributed by atoms with Crippen LogP contribution in [0.4, 0.5) is 17.1 Å². The van der Waals surface area contributed by atoms with Crippen molar-refractivity contribution < 1.29 is 14.3 Å². The summed E-state index contributed by atoms with van der Waals surface area (Å²) in [6.07, 6.45) is 2.68. The molecule has 0 saturated carbocycles. The summed E-state index contributed by atoms with van der Waals surface area (Å²) in [5, 5.41) is 9.80. The normalized spacial score (nSPS) is 11.2. The van der Waals surface area contributed by atoms with Crippen molar-refractivity contribution in [2.75, 3.05) is 4.90 Å². The molecule has 33 heavy (non-hydrogen) atoms. The number of benzene rings is 4. The minimum absolute atomic E-state index is 0.719. The molecule has 4 heteroatoms. The molecule has 4 nitrogen and oxygen atoms in total. The third kappa shape index (κ3) is 4.41. The van der Waals surface area contributed by atoms with Gasteiger partial charge in [0.1, 0.15) is 11.3 Å². The maximum atomic E-state index is 10.8. The second-order valence-electron chi connectivity index (χ2n) is 7.63. The van der Waals surface area contributed by atoms with E-state index in [4.69, 9.17) is 9.52 Å². The number of carboxylic acids is 1. The Kier molecular flexibility index (Phi) is 5.48. The van der Waals surface area contributed by atoms with Gasteiger partial charge in [-0.2, -0.15) is 0 Å². The number of carbonyl (C=O) groups is 1. The van der Waals surface area contributed by atoms with Crippen molar-refractivity contribution in [2.24, 2.45) is 0 Å². The first-order valence-corrected chi connectivity index (χ1v) is 10.6. The van der Waals surface area contributed by atoms with E-state index >= 15 is 0 Å². The lowest BCUT2D eigenvalue weighted by Crippen LogP contribution is -2.09. The maximum absolute atomic E-state index is 10.8. The summed E-state index contributed by atoms with van der Waals surface area (Å²) in [6.45, 7) is 0. The molecule has 0 fully saturated rings. The lowest BCUT2D eigenvalue weighted by Gasteiger charge is -2.25. The number of hydrogen-bond donors (Lipinski definition) is 1. The maximum Gasteiger partial charge on any atom is 0.328 e. The second kappa shape index (κ2) is 8.89. The van der Waals surface area contributed by atoms with Gasteiger partial charge in [0.15, 0.2) is 0 Å². The van der Waals surface area contributed by atoms with Gasteiger partial charge in [0, 0.05) is 34.1 Å². The van der Waals surface area contributed by atoms with Gasteiger partial charge in [-0.3, -0.25) is 0 Å². The lowest BCUT2D eigenvalue weighted by molar-refractivity contribution is -0.131. The zero-order chi connectivity index (χ0) is 22.6. The van der Waals surface area contributed by atoms with E-state index < -0.39 is 5.97 Å². The van der Waals surface area contributed by atoms with Crippen LogP contribution in [0.3, 0.4) is 0 Å². The lowest BCUT2D eigenvalue weighted by atomic mass is 10.1. The number of hydrogen-bond acceptors (Lipinski definition) is 3. The van der Waals surface area contributed by atoms with E-state index in [0.717, 1.165) is 51.0 Å². The van der Waals surface area contributed by atoms with Crippen molar-refractivity contribution in [2.45, 2.75) is 0 Å². The molecule has 0 bridgehead atoms. The van der Waals surface area contributed by atoms with Crippen LogP contribution in [-0.4, -0.2) is 11.1 Å². The van der Waals surface area contributed by atoms with E-state index in [-0.39, 0.29) is 0 Å². The quantitative estimate of drug-likeness (QED) is 0.280. The highest BCUT2D eigenvalue weighted by molar-refractivity contribution is 5.88. The zero-order valence-electron chi connectivity index (χ0n) is 17.8. The standard InChI is InChI=1S/C29H21NO3/c31-29(32)18-12-21-11-13-23-20-28(33-27(23)19-21)22-14-16-26(17-15-22)30(24-7-3-1-4-8-24)25-9-5-2-6-10-25/h1-20H,(H,31,32)/b18-12+. The number of anilines is 3. The van der Waals surface area contributed by atoms with Gasteiger partial charge in [0.05, 0.1) is 0 Å². The molecule has 0 unspecified atom stereocenters. The van der Waals surface area contributed by atoms with Crippen LogP contribution in [-0.2, 0) is 4.79 Å². The molecule has 1 N–H and O–H groups in total. The first kappa shape index (κ1) is 20.3. The van der Waals surface area contributed by atoms with Crippen molar-refractivity contribution in [3.05, 3.63) is 121 Å². The van der Waals surface area contributed by atoms with Gasteiger partial charge in [-0.25, -0.2) is 4.79 Å². The van der Waals surface area contributed by atoms with Crippen LogP contribution >= 0.6 is 0 Å². The Morgan fingerprint density at radius 3 is 1.94 bits per heavy atom. The predicted molar refractivity (Wildman–Crippen MR) is 133 cm³/mol. The van der Waals surface area contributed by atoms with E-state index in [1.54, 1.807) is 6.08 Å². The first-order valence-electron chi connectivity index (χ1n) is 10.6. The summed E-state index contributed by atoms with van der Waals surface area (Å²) in [5.74, 6) is -0.211. The summed E-state index contributed by atoms with van der Waals surface area (Å²) in [6, 6.07) is 36.5. The number of rotatable bonds is 6. The van der Waals surface area contributed by atoms with E-state index in [2.05, 4.69) is 53.4 Å². The molecular weight excluding hydrogens is 410 g/mol. The zero-order valence-corrected chi connectivity index (χ0v) is 17.8. The largest absolute Gasteiger partial charge is 0.478 e. The molecule has 4 aromatic carbocycles. The van der Waals surface area contributed by atoms with Crippen molar-refractivity contribution in [3.63, 3.8) is 0 Å². The topological polar surface area (TPSA) is 53.7 Å². The van der Waals surface area contributed by atoms with Gasteiger partial charge in [-0.1, -0.05) is 48.5 Å². The monoisotopic (exact) mass is 431 g/mol. The van der Waals surface area contributed by atoms with E-state index in [9.17, 15) is 4.79 Å². The Bertz CT molecular complexity index is 1380. The smallest absolute Gasteiger partial charge is 0.328 e. The molecule has 0 radical (unpaired) electrons. The number of furan rings is 1. The Morgan fingerprint density at radius 2 is 1.33 bits per heavy atom. The Hall–Kier alpha value is -4.57. The molecule has 5 aromatic rings. The molecule has 0 amide bonds. The highest BCUT2D eigenvalue weighted by Crippen LogP contribution is 2.36. The molecule has 1 heterocycles. The number of fused-ring (bicyclic) bond motifs is 1. The molecule has 0 aliphatic heterocycles. The number of para-hydroxylation sites is 2. The fourth-order valence-corrected chi connectivity index (χ4v) is 3.84. The highest BCUT2D eigenvalue weighted by atomic mass is 16.4. The Morgan fingerprint density at radius 1 is 0.727 bits per heavy atom. The fraction of sp³-hybridized carbons (Fsp3) is 0. The van der Waals surface area contributed by atoms with Gasteiger partial charge < -0.3 is 14.4 Å². The molecule has 0 atom stereocenters. The average Bonchev–Trinajstić information content (AvgIpc) is 3.28. The second-order valence-corrected chi connectivity index (χ2v) is 7.63. The van der Waals surface area contributed by atoms with Gasteiger partial charge in [0.2, 0.25) is 0 Å². The van der Waals surface area contributed by atoms with Gasteiger partial charge in [-0.15, -0.1) is 0 Å². The van der Waals surface area contributed by atoms with Crippen molar-refractivity contribution >= 4 is 40.1 Å². The number of nitrogens with zero attached hydrogens (tertiary/aromatic N) is 1. The Labute approximate surface area is 191 Å². The van der Waals surface area contributed by atoms with Gasteiger partial charge in [-0.05, 0) is 72.3 Å². The van der Waals surface area contributed by atoms with Crippen LogP contribution in [0, 0.1) is 0 Å². The SMILES string of the molecule is O=C(O)/C=C/c1ccc2cc(-c3ccc(N(c4ccccc4)c4ccccc4)cc3)oc2c1. The Balaban J connectivity index is 1.48. The van der Waals surface area contributed by atoms with Gasteiger partial charge in [0.25, 0.3) is 0 Å². The van der Waals surface area contributed by atoms with Crippen molar-refractivity contribution in [1.29, 1.82) is 0 Å². The van der Waals surface area contributed by atoms with E-state index in [1.165, 1.54) is 0 Å². The molecular formula is C29H21NO3. The molecule has 0 aliphatic carbocycles. The minimum atomic E-state index is -0.977. The molecule has 160 valence electrons. The van der Waals surface area contributed by atoms with Crippen molar-refractivity contribution in [1.82, 2.24) is 0 Å². The van der Waals surface area contributed by atoms with Crippen molar-refractivity contribution in [3.8, 4) is 11.3 Å². The predicted octanol–water partition coefficient (Wildman–Crippen LogP) is 7.67. The van der Waals surface area contributed by atoms with E-state index in [0.29, 0.717) is 0 Å². The van der Waals surface area contributed by atoms with E-state index in [1.807, 2.05) is 60.7 Å². The summed E-state index contributed by atoms with van der Waals surface area (Å²) < 4.78 is 6.08. The summed E-state index contributed by atoms with van der Waals surface area (Å²) in [4.78, 5) is 13.0.